The predicted molar refractivity (Wildman–Crippen MR) is 70.1 cm³/mol. The highest BCUT2D eigenvalue weighted by Crippen LogP contribution is 2.45. The quantitative estimate of drug-likeness (QED) is 0.836. The van der Waals surface area contributed by atoms with E-state index in [4.69, 9.17) is 11.6 Å². The largest absolute Gasteiger partial charge is 0.310 e. The van der Waals surface area contributed by atoms with E-state index in [2.05, 4.69) is 38.2 Å². The number of nitrogens with one attached hydrogen (secondary N) is 1. The van der Waals surface area contributed by atoms with Gasteiger partial charge in [-0.15, -0.1) is 0 Å². The summed E-state index contributed by atoms with van der Waals surface area (Å²) in [5.41, 5.74) is 3.11. The Labute approximate surface area is 103 Å². The lowest BCUT2D eigenvalue weighted by atomic mass is 9.86. The van der Waals surface area contributed by atoms with Crippen LogP contribution in [-0.2, 0) is 5.41 Å². The molecule has 0 aromatic heterocycles. The molecule has 1 unspecified atom stereocenters. The van der Waals surface area contributed by atoms with Gasteiger partial charge in [0.15, 0.2) is 0 Å². The molecule has 0 heterocycles. The van der Waals surface area contributed by atoms with Crippen LogP contribution in [0.25, 0.3) is 0 Å². The standard InChI is InChI=1S/C14H20ClN/c1-4-7-16-13-9-14(2,3)12-6-5-10(15)8-11(12)13/h5-6,8,13,16H,4,7,9H2,1-3H3. The van der Waals surface area contributed by atoms with E-state index < -0.39 is 0 Å². The van der Waals surface area contributed by atoms with Gasteiger partial charge in [-0.1, -0.05) is 38.4 Å². The molecule has 0 spiro atoms. The van der Waals surface area contributed by atoms with E-state index in [0.717, 1.165) is 11.6 Å². The number of fused-ring (bicyclic) bond motifs is 1. The van der Waals surface area contributed by atoms with Crippen LogP contribution in [0.15, 0.2) is 18.2 Å². The molecule has 0 saturated carbocycles. The van der Waals surface area contributed by atoms with Gasteiger partial charge in [-0.25, -0.2) is 0 Å². The van der Waals surface area contributed by atoms with Gasteiger partial charge in [0.2, 0.25) is 0 Å². The minimum Gasteiger partial charge on any atom is -0.310 e. The van der Waals surface area contributed by atoms with Crippen molar-refractivity contribution < 1.29 is 0 Å². The van der Waals surface area contributed by atoms with Crippen molar-refractivity contribution in [1.82, 2.24) is 5.32 Å². The summed E-state index contributed by atoms with van der Waals surface area (Å²) in [6.07, 6.45) is 2.34. The van der Waals surface area contributed by atoms with Crippen molar-refractivity contribution in [2.24, 2.45) is 0 Å². The van der Waals surface area contributed by atoms with Gasteiger partial charge in [0.1, 0.15) is 0 Å². The topological polar surface area (TPSA) is 12.0 Å². The van der Waals surface area contributed by atoms with Crippen molar-refractivity contribution in [2.45, 2.75) is 45.1 Å². The molecule has 2 rings (SSSR count). The number of hydrogen-bond donors (Lipinski definition) is 1. The predicted octanol–water partition coefficient (Wildman–Crippen LogP) is 4.06. The monoisotopic (exact) mass is 237 g/mol. The highest BCUT2D eigenvalue weighted by atomic mass is 35.5. The average molecular weight is 238 g/mol. The summed E-state index contributed by atoms with van der Waals surface area (Å²) in [7, 11) is 0. The van der Waals surface area contributed by atoms with Crippen molar-refractivity contribution >= 4 is 11.6 Å². The Balaban J connectivity index is 2.32. The summed E-state index contributed by atoms with van der Waals surface area (Å²) < 4.78 is 0. The summed E-state index contributed by atoms with van der Waals surface area (Å²) >= 11 is 6.09. The third-order valence-corrected chi connectivity index (χ3v) is 3.71. The Hall–Kier alpha value is -0.530. The summed E-state index contributed by atoms with van der Waals surface area (Å²) in [4.78, 5) is 0. The van der Waals surface area contributed by atoms with Crippen LogP contribution >= 0.6 is 11.6 Å². The molecule has 0 saturated heterocycles. The molecule has 0 bridgehead atoms. The molecule has 1 atom stereocenters. The van der Waals surface area contributed by atoms with Gasteiger partial charge in [0.25, 0.3) is 0 Å². The van der Waals surface area contributed by atoms with Gasteiger partial charge in [0, 0.05) is 11.1 Å². The fraction of sp³-hybridized carbons (Fsp3) is 0.571. The molecule has 0 fully saturated rings. The first-order valence-corrected chi connectivity index (χ1v) is 6.45. The lowest BCUT2D eigenvalue weighted by Crippen LogP contribution is -2.22. The van der Waals surface area contributed by atoms with Crippen LogP contribution in [0, 0.1) is 0 Å². The van der Waals surface area contributed by atoms with Crippen LogP contribution in [0.4, 0.5) is 0 Å². The first-order valence-electron chi connectivity index (χ1n) is 6.08. The molecule has 1 aromatic carbocycles. The zero-order valence-corrected chi connectivity index (χ0v) is 11.1. The smallest absolute Gasteiger partial charge is 0.0409 e. The van der Waals surface area contributed by atoms with Crippen LogP contribution in [0.5, 0.6) is 0 Å². The van der Waals surface area contributed by atoms with Gasteiger partial charge in [-0.3, -0.25) is 0 Å². The normalized spacial score (nSPS) is 22.1. The summed E-state index contributed by atoms with van der Waals surface area (Å²) in [6.45, 7) is 7.90. The fourth-order valence-electron chi connectivity index (χ4n) is 2.67. The van der Waals surface area contributed by atoms with Crippen molar-refractivity contribution in [3.63, 3.8) is 0 Å². The summed E-state index contributed by atoms with van der Waals surface area (Å²) in [5.74, 6) is 0. The summed E-state index contributed by atoms with van der Waals surface area (Å²) in [5, 5.41) is 4.46. The average Bonchev–Trinajstić information content (AvgIpc) is 2.47. The van der Waals surface area contributed by atoms with Crippen molar-refractivity contribution in [2.75, 3.05) is 6.54 Å². The molecule has 1 N–H and O–H groups in total. The van der Waals surface area contributed by atoms with E-state index in [1.54, 1.807) is 0 Å². The molecule has 0 radical (unpaired) electrons. The molecule has 2 heteroatoms. The zero-order chi connectivity index (χ0) is 11.8. The van der Waals surface area contributed by atoms with Crippen LogP contribution in [-0.4, -0.2) is 6.54 Å². The number of hydrogen-bond acceptors (Lipinski definition) is 1. The fourth-order valence-corrected chi connectivity index (χ4v) is 2.85. The van der Waals surface area contributed by atoms with Crippen molar-refractivity contribution in [1.29, 1.82) is 0 Å². The molecular weight excluding hydrogens is 218 g/mol. The zero-order valence-electron chi connectivity index (χ0n) is 10.3. The highest BCUT2D eigenvalue weighted by Gasteiger charge is 2.36. The van der Waals surface area contributed by atoms with E-state index in [9.17, 15) is 0 Å². The van der Waals surface area contributed by atoms with Crippen molar-refractivity contribution in [3.8, 4) is 0 Å². The Morgan fingerprint density at radius 3 is 2.88 bits per heavy atom. The third-order valence-electron chi connectivity index (χ3n) is 3.47. The number of halogens is 1. The number of rotatable bonds is 3. The minimum absolute atomic E-state index is 0.269. The molecule has 1 nitrogen and oxygen atoms in total. The minimum atomic E-state index is 0.269. The molecule has 1 aromatic rings. The second-order valence-corrected chi connectivity index (χ2v) is 5.76. The van der Waals surface area contributed by atoms with E-state index in [0.29, 0.717) is 6.04 Å². The van der Waals surface area contributed by atoms with E-state index in [1.165, 1.54) is 24.0 Å². The Kier molecular flexibility index (Phi) is 3.27. The van der Waals surface area contributed by atoms with Gasteiger partial charge in [-0.2, -0.15) is 0 Å². The SMILES string of the molecule is CCCNC1CC(C)(C)c2ccc(Cl)cc21. The first-order chi connectivity index (χ1) is 7.54. The van der Waals surface area contributed by atoms with Crippen LogP contribution in [0.1, 0.15) is 50.8 Å². The molecule has 1 aliphatic carbocycles. The Morgan fingerprint density at radius 1 is 1.44 bits per heavy atom. The number of benzene rings is 1. The highest BCUT2D eigenvalue weighted by molar-refractivity contribution is 6.30. The molecule has 0 aliphatic heterocycles. The lowest BCUT2D eigenvalue weighted by Gasteiger charge is -2.19. The second-order valence-electron chi connectivity index (χ2n) is 5.33. The van der Waals surface area contributed by atoms with E-state index >= 15 is 0 Å². The van der Waals surface area contributed by atoms with Gasteiger partial charge >= 0.3 is 0 Å². The van der Waals surface area contributed by atoms with Crippen LogP contribution < -0.4 is 5.32 Å². The maximum absolute atomic E-state index is 6.09. The first kappa shape index (κ1) is 11.9. The maximum Gasteiger partial charge on any atom is 0.0409 e. The van der Waals surface area contributed by atoms with Crippen LogP contribution in [0.2, 0.25) is 5.02 Å². The third kappa shape index (κ3) is 2.11. The molecular formula is C14H20ClN. The maximum atomic E-state index is 6.09. The second kappa shape index (κ2) is 4.38. The lowest BCUT2D eigenvalue weighted by molar-refractivity contribution is 0.427. The van der Waals surface area contributed by atoms with E-state index in [1.807, 2.05) is 6.07 Å². The summed E-state index contributed by atoms with van der Waals surface area (Å²) in [6, 6.07) is 6.79. The van der Waals surface area contributed by atoms with Crippen molar-refractivity contribution in [3.05, 3.63) is 34.3 Å². The molecule has 16 heavy (non-hydrogen) atoms. The Bertz CT molecular complexity index is 384. The van der Waals surface area contributed by atoms with Gasteiger partial charge in [-0.05, 0) is 48.1 Å². The van der Waals surface area contributed by atoms with E-state index in [-0.39, 0.29) is 5.41 Å². The van der Waals surface area contributed by atoms with Crippen LogP contribution in [0.3, 0.4) is 0 Å². The van der Waals surface area contributed by atoms with Gasteiger partial charge in [0.05, 0.1) is 0 Å². The van der Waals surface area contributed by atoms with Gasteiger partial charge < -0.3 is 5.32 Å². The molecule has 88 valence electrons. The Morgan fingerprint density at radius 2 is 2.19 bits per heavy atom. The molecule has 1 aliphatic rings. The molecule has 0 amide bonds.